The lowest BCUT2D eigenvalue weighted by Gasteiger charge is -2.36. The number of anilines is 1. The van der Waals surface area contributed by atoms with Gasteiger partial charge < -0.3 is 24.6 Å². The maximum Gasteiger partial charge on any atom is 0.336 e. The molecule has 7 heteroatoms. The van der Waals surface area contributed by atoms with Gasteiger partial charge in [-0.25, -0.2) is 4.79 Å². The Labute approximate surface area is 280 Å². The molecule has 6 rings (SSSR count). The minimum Gasteiger partial charge on any atom is -0.478 e. The van der Waals surface area contributed by atoms with Crippen LogP contribution in [0.15, 0.2) is 70.1 Å². The van der Waals surface area contributed by atoms with Crippen molar-refractivity contribution in [1.82, 2.24) is 9.80 Å². The molecule has 2 N–H and O–H groups in total. The summed E-state index contributed by atoms with van der Waals surface area (Å²) in [6.07, 6.45) is 9.26. The lowest BCUT2D eigenvalue weighted by Crippen LogP contribution is -2.40. The fourth-order valence-electron chi connectivity index (χ4n) is 8.29. The third-order valence-electron chi connectivity index (χ3n) is 10.9. The van der Waals surface area contributed by atoms with Crippen molar-refractivity contribution in [2.75, 3.05) is 31.5 Å². The van der Waals surface area contributed by atoms with Crippen LogP contribution in [0.1, 0.15) is 89.4 Å². The number of hydrogen-bond acceptors (Lipinski definition) is 6. The average Bonchev–Trinajstić information content (AvgIpc) is 3.09. The molecule has 250 valence electrons. The van der Waals surface area contributed by atoms with Crippen molar-refractivity contribution in [3.8, 4) is 22.5 Å². The summed E-state index contributed by atoms with van der Waals surface area (Å²) in [5.41, 5.74) is 4.54. The van der Waals surface area contributed by atoms with Gasteiger partial charge in [0.05, 0.1) is 17.0 Å². The van der Waals surface area contributed by atoms with Gasteiger partial charge in [-0.3, -0.25) is 4.99 Å². The Bertz CT molecular complexity index is 1690. The number of nitrogens with zero attached hydrogens (tertiary/aromatic N) is 3. The van der Waals surface area contributed by atoms with Gasteiger partial charge in [0.2, 0.25) is 0 Å². The van der Waals surface area contributed by atoms with Crippen LogP contribution in [0.4, 0.5) is 5.69 Å². The van der Waals surface area contributed by atoms with Crippen molar-refractivity contribution in [3.63, 3.8) is 0 Å². The second-order valence-corrected chi connectivity index (χ2v) is 13.4. The molecule has 2 aromatic rings. The maximum atomic E-state index is 12.4. The number of nitrogens with one attached hydrogen (secondary N) is 1. The molecule has 4 aliphatic rings. The molecular formula is C40H52N4O3. The summed E-state index contributed by atoms with van der Waals surface area (Å²) < 4.78 is 6.66. The van der Waals surface area contributed by atoms with Crippen LogP contribution in [-0.2, 0) is 0 Å². The zero-order valence-electron chi connectivity index (χ0n) is 28.7. The Kier molecular flexibility index (Phi) is 10.6. The fraction of sp³-hybridized carbons (Fsp3) is 0.500. The van der Waals surface area contributed by atoms with Crippen molar-refractivity contribution < 1.29 is 14.3 Å². The first-order chi connectivity index (χ1) is 22.9. The topological polar surface area (TPSA) is 81.3 Å². The predicted octanol–water partition coefficient (Wildman–Crippen LogP) is 8.52. The molecule has 7 nitrogen and oxygen atoms in total. The molecule has 0 aromatic heterocycles. The van der Waals surface area contributed by atoms with Gasteiger partial charge in [-0.05, 0) is 113 Å². The highest BCUT2D eigenvalue weighted by Gasteiger charge is 2.26. The summed E-state index contributed by atoms with van der Waals surface area (Å²) in [5, 5.41) is 15.8. The summed E-state index contributed by atoms with van der Waals surface area (Å²) in [5.74, 6) is -0.212. The molecule has 2 saturated carbocycles. The van der Waals surface area contributed by atoms with Crippen LogP contribution < -0.4 is 10.7 Å². The van der Waals surface area contributed by atoms with Crippen LogP contribution in [0.5, 0.6) is 0 Å². The van der Waals surface area contributed by atoms with Crippen LogP contribution in [0.2, 0.25) is 0 Å². The third kappa shape index (κ3) is 7.26. The van der Waals surface area contributed by atoms with E-state index in [2.05, 4.69) is 73.1 Å². The third-order valence-corrected chi connectivity index (χ3v) is 10.9. The number of carbonyl (C=O) groups is 1. The van der Waals surface area contributed by atoms with Crippen molar-refractivity contribution in [1.29, 1.82) is 0 Å². The zero-order valence-corrected chi connectivity index (χ0v) is 28.7. The van der Waals surface area contributed by atoms with Crippen molar-refractivity contribution in [3.05, 3.63) is 71.6 Å². The van der Waals surface area contributed by atoms with Gasteiger partial charge in [0.25, 0.3) is 0 Å². The van der Waals surface area contributed by atoms with E-state index in [0.29, 0.717) is 29.7 Å². The number of fused-ring (bicyclic) bond motifs is 2. The minimum absolute atomic E-state index is 0.284. The second-order valence-electron chi connectivity index (χ2n) is 13.4. The van der Waals surface area contributed by atoms with Crippen LogP contribution in [0, 0.1) is 0 Å². The molecule has 1 aliphatic heterocycles. The van der Waals surface area contributed by atoms with Crippen molar-refractivity contribution in [2.24, 2.45) is 4.99 Å². The van der Waals surface area contributed by atoms with E-state index in [1.165, 1.54) is 25.7 Å². The Balaban J connectivity index is 1.35. The zero-order chi connectivity index (χ0) is 32.9. The Morgan fingerprint density at radius 1 is 0.787 bits per heavy atom. The highest BCUT2D eigenvalue weighted by Crippen LogP contribution is 2.42. The van der Waals surface area contributed by atoms with E-state index in [-0.39, 0.29) is 5.56 Å². The molecule has 1 heterocycles. The van der Waals surface area contributed by atoms with Crippen LogP contribution >= 0.6 is 0 Å². The maximum absolute atomic E-state index is 12.4. The molecule has 2 fully saturated rings. The highest BCUT2D eigenvalue weighted by molar-refractivity contribution is 6.07. The summed E-state index contributed by atoms with van der Waals surface area (Å²) in [6, 6.07) is 21.8. The SMILES string of the molecule is CCN(CC)C1CCC(N=c2ccc3c(-c4ccccc4C(=O)O)c4ccc(NC5CCC(N(CC)CC)CC5)cc4oc-3c2)CC1. The van der Waals surface area contributed by atoms with Crippen LogP contribution in [0.3, 0.4) is 0 Å². The molecule has 0 unspecified atom stereocenters. The summed E-state index contributed by atoms with van der Waals surface area (Å²) >= 11 is 0. The number of benzene rings is 3. The van der Waals surface area contributed by atoms with Gasteiger partial charge in [-0.15, -0.1) is 0 Å². The van der Waals surface area contributed by atoms with E-state index < -0.39 is 5.97 Å². The van der Waals surface area contributed by atoms with E-state index in [1.807, 2.05) is 18.2 Å². The van der Waals surface area contributed by atoms with Gasteiger partial charge in [-0.2, -0.15) is 0 Å². The number of hydrogen-bond donors (Lipinski definition) is 2. The fourth-order valence-corrected chi connectivity index (χ4v) is 8.29. The molecule has 0 amide bonds. The van der Waals surface area contributed by atoms with Gasteiger partial charge in [0.15, 0.2) is 0 Å². The first-order valence-corrected chi connectivity index (χ1v) is 18.0. The second kappa shape index (κ2) is 15.0. The standard InChI is InChI=1S/C40H52N4O3/c1-5-43(6-2)31-19-13-27(14-20-31)41-29-17-23-35-37(25-29)47-38-26-30(42-28-15-21-32(22-16-28)44(7-3)8-4)18-24-36(38)39(35)33-11-9-10-12-34(33)40(45)46/h9-12,17-18,23-28,31-32,41H,5-8,13-16,19-22H2,1-4H3,(H,45,46). The normalized spacial score (nSPS) is 22.4. The van der Waals surface area contributed by atoms with Crippen LogP contribution in [0.25, 0.3) is 33.4 Å². The summed E-state index contributed by atoms with van der Waals surface area (Å²) in [4.78, 5) is 22.7. The highest BCUT2D eigenvalue weighted by atomic mass is 16.4. The quantitative estimate of drug-likeness (QED) is 0.161. The molecule has 3 aliphatic carbocycles. The van der Waals surface area contributed by atoms with E-state index in [0.717, 1.165) is 90.8 Å². The van der Waals surface area contributed by atoms with Gasteiger partial charge in [0, 0.05) is 52.5 Å². The summed E-state index contributed by atoms with van der Waals surface area (Å²) in [7, 11) is 0. The Hall–Kier alpha value is -3.68. The van der Waals surface area contributed by atoms with E-state index in [1.54, 1.807) is 12.1 Å². The van der Waals surface area contributed by atoms with Gasteiger partial charge in [0.1, 0.15) is 11.3 Å². The molecule has 0 spiro atoms. The first-order valence-electron chi connectivity index (χ1n) is 18.0. The molecular weight excluding hydrogens is 584 g/mol. The van der Waals surface area contributed by atoms with E-state index >= 15 is 0 Å². The van der Waals surface area contributed by atoms with E-state index in [4.69, 9.17) is 9.41 Å². The first kappa shape index (κ1) is 33.2. The lowest BCUT2D eigenvalue weighted by molar-refractivity contribution is 0.0697. The Morgan fingerprint density at radius 3 is 2.06 bits per heavy atom. The molecule has 2 aromatic carbocycles. The summed E-state index contributed by atoms with van der Waals surface area (Å²) in [6.45, 7) is 13.4. The number of carboxylic acid groups (broad SMARTS) is 1. The smallest absolute Gasteiger partial charge is 0.336 e. The van der Waals surface area contributed by atoms with Crippen molar-refractivity contribution in [2.45, 2.75) is 103 Å². The predicted molar refractivity (Wildman–Crippen MR) is 192 cm³/mol. The lowest BCUT2D eigenvalue weighted by atomic mass is 9.89. The number of rotatable bonds is 11. The molecule has 0 saturated heterocycles. The van der Waals surface area contributed by atoms with Crippen LogP contribution in [-0.4, -0.2) is 71.2 Å². The minimum atomic E-state index is -0.937. The molecule has 0 atom stereocenters. The monoisotopic (exact) mass is 636 g/mol. The molecule has 0 radical (unpaired) electrons. The van der Waals surface area contributed by atoms with Crippen molar-refractivity contribution >= 4 is 22.6 Å². The number of carboxylic acids is 1. The average molecular weight is 637 g/mol. The van der Waals surface area contributed by atoms with E-state index in [9.17, 15) is 9.90 Å². The Morgan fingerprint density at radius 2 is 1.43 bits per heavy atom. The number of aromatic carboxylic acids is 1. The largest absolute Gasteiger partial charge is 0.478 e. The van der Waals surface area contributed by atoms with Gasteiger partial charge in [-0.1, -0.05) is 45.9 Å². The molecule has 0 bridgehead atoms. The molecule has 47 heavy (non-hydrogen) atoms. The van der Waals surface area contributed by atoms with Gasteiger partial charge >= 0.3 is 5.97 Å².